The number of carbonyl (C=O) groups excluding carboxylic acids is 2. The second-order valence-corrected chi connectivity index (χ2v) is 8.17. The molecule has 7 heteroatoms. The summed E-state index contributed by atoms with van der Waals surface area (Å²) in [6, 6.07) is 2.85. The third-order valence-corrected chi connectivity index (χ3v) is 4.71. The molecule has 1 unspecified atom stereocenters. The van der Waals surface area contributed by atoms with Crippen LogP contribution in [0.1, 0.15) is 39.7 Å². The Balaban J connectivity index is 2.13. The van der Waals surface area contributed by atoms with E-state index < -0.39 is 28.9 Å². The summed E-state index contributed by atoms with van der Waals surface area (Å²) in [6.45, 7) is 7.53. The third-order valence-electron chi connectivity index (χ3n) is 4.43. The highest BCUT2D eigenvalue weighted by atomic mass is 35.5. The fourth-order valence-electron chi connectivity index (χ4n) is 3.28. The Labute approximate surface area is 156 Å². The molecule has 0 N–H and O–H groups in total. The monoisotopic (exact) mass is 381 g/mol. The number of ether oxygens (including phenoxy) is 2. The average Bonchev–Trinajstić information content (AvgIpc) is 3.00. The lowest BCUT2D eigenvalue weighted by Crippen LogP contribution is -2.55. The smallest absolute Gasteiger partial charge is 0.359 e. The lowest BCUT2D eigenvalue weighted by Gasteiger charge is -2.40. The first kappa shape index (κ1) is 18.7. The van der Waals surface area contributed by atoms with Gasteiger partial charge in [-0.05, 0) is 51.8 Å². The molecule has 1 aromatic carbocycles. The van der Waals surface area contributed by atoms with Crippen LogP contribution in [0, 0.1) is 5.82 Å². The standard InChI is InChI=1S/C19H21ClFNO4/c1-18(2,3)26-17(24)19(4)10-11-8-12(20)15(21)14(9-11)25-16(23)13-6-5-7-22(13)19/h6,8-9H,5,7,10H2,1-4H3. The van der Waals surface area contributed by atoms with Crippen molar-refractivity contribution in [3.63, 3.8) is 0 Å². The number of hydrogen-bond donors (Lipinski definition) is 0. The molecule has 5 nitrogen and oxygen atoms in total. The predicted octanol–water partition coefficient (Wildman–Crippen LogP) is 3.63. The summed E-state index contributed by atoms with van der Waals surface area (Å²) in [5, 5.41) is -0.159. The van der Waals surface area contributed by atoms with Crippen molar-refractivity contribution in [3.05, 3.63) is 40.3 Å². The van der Waals surface area contributed by atoms with E-state index >= 15 is 0 Å². The highest BCUT2D eigenvalue weighted by Gasteiger charge is 2.47. The molecular formula is C19H21ClFNO4. The highest BCUT2D eigenvalue weighted by molar-refractivity contribution is 6.31. The van der Waals surface area contributed by atoms with Crippen LogP contribution >= 0.6 is 11.6 Å². The lowest BCUT2D eigenvalue weighted by molar-refractivity contribution is -0.168. The van der Waals surface area contributed by atoms with E-state index in [1.165, 1.54) is 12.1 Å². The molecule has 3 rings (SSSR count). The summed E-state index contributed by atoms with van der Waals surface area (Å²) < 4.78 is 25.1. The maximum absolute atomic E-state index is 14.2. The first-order valence-electron chi connectivity index (χ1n) is 8.42. The first-order chi connectivity index (χ1) is 12.0. The summed E-state index contributed by atoms with van der Waals surface area (Å²) in [5.41, 5.74) is -1.02. The number of benzene rings is 1. The van der Waals surface area contributed by atoms with Crippen LogP contribution in [0.2, 0.25) is 5.02 Å². The third kappa shape index (κ3) is 3.30. The van der Waals surface area contributed by atoms with E-state index in [9.17, 15) is 14.0 Å². The zero-order valence-electron chi connectivity index (χ0n) is 15.2. The van der Waals surface area contributed by atoms with Crippen molar-refractivity contribution in [1.29, 1.82) is 0 Å². The van der Waals surface area contributed by atoms with Crippen molar-refractivity contribution < 1.29 is 23.5 Å². The Morgan fingerprint density at radius 3 is 2.73 bits per heavy atom. The van der Waals surface area contributed by atoms with Crippen LogP contribution in [0.5, 0.6) is 5.75 Å². The van der Waals surface area contributed by atoms with E-state index in [4.69, 9.17) is 21.1 Å². The van der Waals surface area contributed by atoms with Gasteiger partial charge in [-0.3, -0.25) is 0 Å². The first-order valence-corrected chi connectivity index (χ1v) is 8.80. The Kier molecular flexibility index (Phi) is 4.51. The molecule has 2 bridgehead atoms. The van der Waals surface area contributed by atoms with Crippen molar-refractivity contribution in [1.82, 2.24) is 4.90 Å². The van der Waals surface area contributed by atoms with E-state index in [1.54, 1.807) is 38.7 Å². The minimum absolute atomic E-state index is 0.159. The summed E-state index contributed by atoms with van der Waals surface area (Å²) >= 11 is 5.95. The Morgan fingerprint density at radius 2 is 2.08 bits per heavy atom. The molecule has 0 aliphatic carbocycles. The summed E-state index contributed by atoms with van der Waals surface area (Å²) in [5.74, 6) is -2.21. The number of nitrogens with zero attached hydrogens (tertiary/aromatic N) is 1. The van der Waals surface area contributed by atoms with Crippen LogP contribution in [-0.2, 0) is 20.7 Å². The number of esters is 2. The molecule has 0 radical (unpaired) electrons. The van der Waals surface area contributed by atoms with Gasteiger partial charge in [0.15, 0.2) is 11.6 Å². The maximum Gasteiger partial charge on any atom is 0.359 e. The van der Waals surface area contributed by atoms with Gasteiger partial charge in [-0.15, -0.1) is 0 Å². The van der Waals surface area contributed by atoms with Gasteiger partial charge in [-0.25, -0.2) is 14.0 Å². The van der Waals surface area contributed by atoms with Gasteiger partial charge in [-0.2, -0.15) is 0 Å². The van der Waals surface area contributed by atoms with Crippen LogP contribution in [-0.4, -0.2) is 34.5 Å². The highest BCUT2D eigenvalue weighted by Crippen LogP contribution is 2.37. The number of halogens is 2. The van der Waals surface area contributed by atoms with E-state index in [-0.39, 0.29) is 22.9 Å². The maximum atomic E-state index is 14.2. The van der Waals surface area contributed by atoms with Gasteiger partial charge in [0.1, 0.15) is 16.8 Å². The van der Waals surface area contributed by atoms with Gasteiger partial charge in [0.05, 0.1) is 5.02 Å². The average molecular weight is 382 g/mol. The van der Waals surface area contributed by atoms with Crippen LogP contribution in [0.15, 0.2) is 23.9 Å². The lowest BCUT2D eigenvalue weighted by atomic mass is 9.90. The zero-order chi connectivity index (χ0) is 19.3. The Hall–Kier alpha value is -2.08. The molecule has 1 atom stereocenters. The number of carbonyl (C=O) groups is 2. The molecule has 2 aliphatic heterocycles. The number of fused-ring (bicyclic) bond motifs is 3. The van der Waals surface area contributed by atoms with E-state index in [0.717, 1.165) is 0 Å². The number of hydrogen-bond acceptors (Lipinski definition) is 5. The van der Waals surface area contributed by atoms with Crippen LogP contribution < -0.4 is 4.74 Å². The van der Waals surface area contributed by atoms with Gasteiger partial charge in [0.2, 0.25) is 0 Å². The van der Waals surface area contributed by atoms with E-state index in [2.05, 4.69) is 0 Å². The van der Waals surface area contributed by atoms with Crippen molar-refractivity contribution in [2.45, 2.75) is 51.7 Å². The van der Waals surface area contributed by atoms with E-state index in [0.29, 0.717) is 18.5 Å². The second kappa shape index (κ2) is 6.27. The van der Waals surface area contributed by atoms with Gasteiger partial charge in [0.25, 0.3) is 0 Å². The normalized spacial score (nSPS) is 22.6. The van der Waals surface area contributed by atoms with Crippen LogP contribution in [0.3, 0.4) is 0 Å². The molecule has 1 aromatic rings. The molecule has 0 amide bonds. The van der Waals surface area contributed by atoms with Gasteiger partial charge < -0.3 is 14.4 Å². The fourth-order valence-corrected chi connectivity index (χ4v) is 3.51. The Bertz CT molecular complexity index is 814. The van der Waals surface area contributed by atoms with Crippen molar-refractivity contribution in [2.75, 3.05) is 6.54 Å². The quantitative estimate of drug-likeness (QED) is 0.549. The number of rotatable bonds is 1. The van der Waals surface area contributed by atoms with Gasteiger partial charge in [-0.1, -0.05) is 17.7 Å². The minimum atomic E-state index is -1.16. The topological polar surface area (TPSA) is 55.8 Å². The minimum Gasteiger partial charge on any atom is -0.458 e. The molecule has 2 heterocycles. The molecule has 140 valence electrons. The predicted molar refractivity (Wildman–Crippen MR) is 94.4 cm³/mol. The van der Waals surface area contributed by atoms with E-state index in [1.807, 2.05) is 0 Å². The molecule has 0 fully saturated rings. The van der Waals surface area contributed by atoms with Crippen molar-refractivity contribution in [3.8, 4) is 5.75 Å². The SMILES string of the molecule is CC(C)(C)OC(=O)C1(C)Cc2cc(Cl)c(F)c(c2)OC(=O)C2=CCCN21. The van der Waals surface area contributed by atoms with Crippen molar-refractivity contribution in [2.24, 2.45) is 0 Å². The fraction of sp³-hybridized carbons (Fsp3) is 0.474. The van der Waals surface area contributed by atoms with Crippen molar-refractivity contribution >= 4 is 23.5 Å². The summed E-state index contributed by atoms with van der Waals surface area (Å²) in [7, 11) is 0. The largest absolute Gasteiger partial charge is 0.458 e. The summed E-state index contributed by atoms with van der Waals surface area (Å²) in [6.07, 6.45) is 2.47. The molecule has 0 saturated carbocycles. The zero-order valence-corrected chi connectivity index (χ0v) is 15.9. The molecule has 0 spiro atoms. The molecule has 26 heavy (non-hydrogen) atoms. The molecule has 0 saturated heterocycles. The Morgan fingerprint density at radius 1 is 1.38 bits per heavy atom. The molecule has 2 aliphatic rings. The molecule has 0 aromatic heterocycles. The summed E-state index contributed by atoms with van der Waals surface area (Å²) in [4.78, 5) is 27.3. The van der Waals surface area contributed by atoms with Crippen LogP contribution in [0.4, 0.5) is 4.39 Å². The van der Waals surface area contributed by atoms with Gasteiger partial charge >= 0.3 is 11.9 Å². The van der Waals surface area contributed by atoms with Gasteiger partial charge in [0, 0.05) is 13.0 Å². The molecular weight excluding hydrogens is 361 g/mol. The second-order valence-electron chi connectivity index (χ2n) is 7.76. The van der Waals surface area contributed by atoms with Crippen LogP contribution in [0.25, 0.3) is 0 Å².